The minimum absolute atomic E-state index is 0.117. The van der Waals surface area contributed by atoms with Gasteiger partial charge in [-0.1, -0.05) is 12.1 Å². The fourth-order valence-electron chi connectivity index (χ4n) is 2.70. The van der Waals surface area contributed by atoms with Crippen molar-refractivity contribution in [2.24, 2.45) is 4.99 Å². The molecular weight excluding hydrogens is 394 g/mol. The minimum Gasteiger partial charge on any atom is -0.497 e. The molecule has 30 heavy (non-hydrogen) atoms. The zero-order valence-corrected chi connectivity index (χ0v) is 17.2. The van der Waals surface area contributed by atoms with Crippen LogP contribution in [0, 0.1) is 0 Å². The number of benzene rings is 2. The Hall–Kier alpha value is -3.36. The molecule has 7 nitrogen and oxygen atoms in total. The second kappa shape index (κ2) is 11.6. The molecule has 0 atom stereocenters. The van der Waals surface area contributed by atoms with Crippen LogP contribution in [-0.2, 0) is 6.54 Å². The van der Waals surface area contributed by atoms with Crippen molar-refractivity contribution in [3.05, 3.63) is 59.7 Å². The lowest BCUT2D eigenvalue weighted by Gasteiger charge is -2.22. The van der Waals surface area contributed by atoms with Gasteiger partial charge in [0.2, 0.25) is 0 Å². The number of carbonyl (C=O) groups excluding carboxylic acids is 1. The van der Waals surface area contributed by atoms with Crippen molar-refractivity contribution in [1.29, 1.82) is 0 Å². The SMILES string of the molecule is CN=C(NCCNC(=O)c1ccc(OC)cc1)N(C)Cc1ccc(OC(F)F)cc1. The number of aliphatic imine (C=N–C) groups is 1. The molecule has 2 rings (SSSR count). The molecule has 0 saturated carbocycles. The van der Waals surface area contributed by atoms with Gasteiger partial charge in [-0.25, -0.2) is 0 Å². The van der Waals surface area contributed by atoms with E-state index in [4.69, 9.17) is 4.74 Å². The Balaban J connectivity index is 1.77. The van der Waals surface area contributed by atoms with Crippen molar-refractivity contribution < 1.29 is 23.0 Å². The van der Waals surface area contributed by atoms with Crippen molar-refractivity contribution in [3.8, 4) is 11.5 Å². The third-order valence-electron chi connectivity index (χ3n) is 4.19. The summed E-state index contributed by atoms with van der Waals surface area (Å²) < 4.78 is 33.9. The summed E-state index contributed by atoms with van der Waals surface area (Å²) in [5.74, 6) is 1.28. The van der Waals surface area contributed by atoms with Gasteiger partial charge in [0.05, 0.1) is 7.11 Å². The molecule has 0 fully saturated rings. The molecule has 2 aromatic carbocycles. The van der Waals surface area contributed by atoms with E-state index in [1.165, 1.54) is 12.1 Å². The topological polar surface area (TPSA) is 75.2 Å². The predicted octanol–water partition coefficient (Wildman–Crippen LogP) is 2.73. The summed E-state index contributed by atoms with van der Waals surface area (Å²) in [6.45, 7) is -1.42. The highest BCUT2D eigenvalue weighted by Gasteiger charge is 2.09. The van der Waals surface area contributed by atoms with E-state index < -0.39 is 6.61 Å². The number of methoxy groups -OCH3 is 1. The Morgan fingerprint density at radius 1 is 1.03 bits per heavy atom. The molecule has 0 unspecified atom stereocenters. The zero-order valence-electron chi connectivity index (χ0n) is 17.2. The number of amides is 1. The van der Waals surface area contributed by atoms with Gasteiger partial charge in [0.25, 0.3) is 5.91 Å². The van der Waals surface area contributed by atoms with Gasteiger partial charge in [-0.05, 0) is 42.0 Å². The first-order valence-corrected chi connectivity index (χ1v) is 9.30. The Bertz CT molecular complexity index is 827. The van der Waals surface area contributed by atoms with Crippen LogP contribution in [0.1, 0.15) is 15.9 Å². The molecule has 0 saturated heterocycles. The first-order valence-electron chi connectivity index (χ1n) is 9.30. The van der Waals surface area contributed by atoms with Crippen LogP contribution in [0.5, 0.6) is 11.5 Å². The number of ether oxygens (including phenoxy) is 2. The Morgan fingerprint density at radius 2 is 1.63 bits per heavy atom. The number of hydrogen-bond acceptors (Lipinski definition) is 4. The maximum atomic E-state index is 12.2. The standard InChI is InChI=1S/C21H26F2N4O3/c1-24-21(27(2)14-15-4-8-18(9-5-15)30-20(22)23)26-13-12-25-19(28)16-6-10-17(29-3)11-7-16/h4-11,20H,12-14H2,1-3H3,(H,24,26)(H,25,28). The Morgan fingerprint density at radius 3 is 2.20 bits per heavy atom. The average Bonchev–Trinajstić information content (AvgIpc) is 2.74. The molecule has 0 aliphatic rings. The van der Waals surface area contributed by atoms with Crippen LogP contribution in [0.3, 0.4) is 0 Å². The van der Waals surface area contributed by atoms with E-state index in [9.17, 15) is 13.6 Å². The van der Waals surface area contributed by atoms with E-state index in [2.05, 4.69) is 20.4 Å². The molecule has 9 heteroatoms. The Labute approximate surface area is 174 Å². The molecule has 0 aliphatic carbocycles. The van der Waals surface area contributed by atoms with Crippen molar-refractivity contribution in [2.75, 3.05) is 34.3 Å². The molecule has 2 aromatic rings. The molecule has 2 N–H and O–H groups in total. The van der Waals surface area contributed by atoms with Crippen molar-refractivity contribution in [2.45, 2.75) is 13.2 Å². The molecule has 0 heterocycles. The number of guanidine groups is 1. The number of hydrogen-bond donors (Lipinski definition) is 2. The number of carbonyl (C=O) groups is 1. The van der Waals surface area contributed by atoms with Gasteiger partial charge in [0.15, 0.2) is 5.96 Å². The van der Waals surface area contributed by atoms with Crippen LogP contribution in [0.2, 0.25) is 0 Å². The highest BCUT2D eigenvalue weighted by molar-refractivity contribution is 5.94. The van der Waals surface area contributed by atoms with Gasteiger partial charge in [0, 0.05) is 39.3 Å². The predicted molar refractivity (Wildman–Crippen MR) is 111 cm³/mol. The molecular formula is C21H26F2N4O3. The van der Waals surface area contributed by atoms with Gasteiger partial charge in [-0.2, -0.15) is 8.78 Å². The van der Waals surface area contributed by atoms with Gasteiger partial charge in [0.1, 0.15) is 11.5 Å². The Kier molecular flexibility index (Phi) is 8.86. The minimum atomic E-state index is -2.84. The van der Waals surface area contributed by atoms with E-state index in [1.54, 1.807) is 50.6 Å². The highest BCUT2D eigenvalue weighted by Crippen LogP contribution is 2.15. The summed E-state index contributed by atoms with van der Waals surface area (Å²) in [6.07, 6.45) is 0. The highest BCUT2D eigenvalue weighted by atomic mass is 19.3. The molecule has 0 radical (unpaired) electrons. The first-order chi connectivity index (χ1) is 14.4. The molecule has 0 aliphatic heterocycles. The third kappa shape index (κ3) is 7.23. The largest absolute Gasteiger partial charge is 0.497 e. The summed E-state index contributed by atoms with van der Waals surface area (Å²) in [5, 5.41) is 6.00. The smallest absolute Gasteiger partial charge is 0.387 e. The van der Waals surface area contributed by atoms with E-state index in [-0.39, 0.29) is 11.7 Å². The first kappa shape index (κ1) is 22.9. The molecule has 0 spiro atoms. The summed E-state index contributed by atoms with van der Waals surface area (Å²) in [7, 11) is 5.09. The lowest BCUT2D eigenvalue weighted by atomic mass is 10.2. The maximum Gasteiger partial charge on any atom is 0.387 e. The van der Waals surface area contributed by atoms with Gasteiger partial charge < -0.3 is 25.0 Å². The summed E-state index contributed by atoms with van der Waals surface area (Å²) in [4.78, 5) is 18.2. The van der Waals surface area contributed by atoms with E-state index in [0.29, 0.717) is 36.9 Å². The van der Waals surface area contributed by atoms with Gasteiger partial charge in [-0.15, -0.1) is 0 Å². The second-order valence-electron chi connectivity index (χ2n) is 6.34. The summed E-state index contributed by atoms with van der Waals surface area (Å²) in [6, 6.07) is 13.3. The van der Waals surface area contributed by atoms with Crippen LogP contribution >= 0.6 is 0 Å². The van der Waals surface area contributed by atoms with Crippen LogP contribution in [0.25, 0.3) is 0 Å². The van der Waals surface area contributed by atoms with E-state index in [0.717, 1.165) is 5.56 Å². The monoisotopic (exact) mass is 420 g/mol. The van der Waals surface area contributed by atoms with E-state index >= 15 is 0 Å². The summed E-state index contributed by atoms with van der Waals surface area (Å²) >= 11 is 0. The van der Waals surface area contributed by atoms with Crippen molar-refractivity contribution in [3.63, 3.8) is 0 Å². The molecule has 1 amide bonds. The number of nitrogens with one attached hydrogen (secondary N) is 2. The fraction of sp³-hybridized carbons (Fsp3) is 0.333. The molecule has 162 valence electrons. The molecule has 0 aromatic heterocycles. The van der Waals surface area contributed by atoms with Gasteiger partial charge in [-0.3, -0.25) is 9.79 Å². The van der Waals surface area contributed by atoms with Crippen LogP contribution in [0.15, 0.2) is 53.5 Å². The van der Waals surface area contributed by atoms with Crippen molar-refractivity contribution in [1.82, 2.24) is 15.5 Å². The van der Waals surface area contributed by atoms with Crippen LogP contribution < -0.4 is 20.1 Å². The number of nitrogens with zero attached hydrogens (tertiary/aromatic N) is 2. The van der Waals surface area contributed by atoms with Crippen molar-refractivity contribution >= 4 is 11.9 Å². The quantitative estimate of drug-likeness (QED) is 0.371. The maximum absolute atomic E-state index is 12.2. The number of rotatable bonds is 9. The zero-order chi connectivity index (χ0) is 21.9. The number of halogens is 2. The lowest BCUT2D eigenvalue weighted by Crippen LogP contribution is -2.42. The van der Waals surface area contributed by atoms with Crippen LogP contribution in [0.4, 0.5) is 8.78 Å². The number of alkyl halides is 2. The van der Waals surface area contributed by atoms with Crippen LogP contribution in [-0.4, -0.2) is 57.7 Å². The fourth-order valence-corrected chi connectivity index (χ4v) is 2.70. The normalized spacial score (nSPS) is 11.2. The lowest BCUT2D eigenvalue weighted by molar-refractivity contribution is -0.0498. The molecule has 0 bridgehead atoms. The van der Waals surface area contributed by atoms with E-state index in [1.807, 2.05) is 11.9 Å². The second-order valence-corrected chi connectivity index (χ2v) is 6.34. The van der Waals surface area contributed by atoms with Gasteiger partial charge >= 0.3 is 6.61 Å². The summed E-state index contributed by atoms with van der Waals surface area (Å²) in [5.41, 5.74) is 1.46. The third-order valence-corrected chi connectivity index (χ3v) is 4.19. The average molecular weight is 420 g/mol.